The summed E-state index contributed by atoms with van der Waals surface area (Å²) in [5.41, 5.74) is 0.115. The zero-order chi connectivity index (χ0) is 24.5. The lowest BCUT2D eigenvalue weighted by Gasteiger charge is -2.31. The van der Waals surface area contributed by atoms with Crippen molar-refractivity contribution in [3.63, 3.8) is 0 Å². The van der Waals surface area contributed by atoms with Crippen LogP contribution in [0.5, 0.6) is 0 Å². The van der Waals surface area contributed by atoms with Gasteiger partial charge in [0.25, 0.3) is 0 Å². The van der Waals surface area contributed by atoms with Gasteiger partial charge in [0.05, 0.1) is 0 Å². The van der Waals surface area contributed by atoms with Crippen LogP contribution in [0.15, 0.2) is 0 Å². The number of nitrogens with zero attached hydrogens (tertiary/aromatic N) is 1. The molecule has 0 bridgehead atoms. The molecule has 0 aromatic rings. The van der Waals surface area contributed by atoms with Gasteiger partial charge in [-0.3, -0.25) is 0 Å². The van der Waals surface area contributed by atoms with Gasteiger partial charge < -0.3 is 9.69 Å². The van der Waals surface area contributed by atoms with E-state index in [0.29, 0.717) is 6.42 Å². The van der Waals surface area contributed by atoms with Crippen LogP contribution in [-0.4, -0.2) is 30.8 Å². The third kappa shape index (κ3) is 23.2. The van der Waals surface area contributed by atoms with Gasteiger partial charge in [-0.25, -0.2) is 0 Å². The van der Waals surface area contributed by atoms with E-state index >= 15 is 0 Å². The highest BCUT2D eigenvalue weighted by Crippen LogP contribution is 2.22. The molecule has 0 aromatic heterocycles. The molecule has 0 unspecified atom stereocenters. The van der Waals surface area contributed by atoms with E-state index in [1.807, 2.05) is 13.8 Å². The molecule has 1 rings (SSSR count). The molecule has 33 heavy (non-hydrogen) atoms. The molecule has 1 aliphatic heterocycles. The van der Waals surface area contributed by atoms with Crippen molar-refractivity contribution in [2.75, 3.05) is 19.6 Å². The third-order valence-electron chi connectivity index (χ3n) is 7.24. The van der Waals surface area contributed by atoms with Crippen LogP contribution >= 0.6 is 0 Å². The minimum atomic E-state index is 0.115. The summed E-state index contributed by atoms with van der Waals surface area (Å²) in [6.07, 6.45) is 31.9. The van der Waals surface area contributed by atoms with Gasteiger partial charge in [-0.05, 0) is 31.3 Å². The third-order valence-corrected chi connectivity index (χ3v) is 7.24. The SMILES string of the molecule is CC.CC(C)(CC=O)CN1CCCCCCCCCCCCCCCCCCCCCCC1. The van der Waals surface area contributed by atoms with Crippen LogP contribution in [0.3, 0.4) is 0 Å². The van der Waals surface area contributed by atoms with Gasteiger partial charge in [-0.2, -0.15) is 0 Å². The fourth-order valence-corrected chi connectivity index (χ4v) is 5.19. The first-order chi connectivity index (χ1) is 16.1. The second-order valence-corrected chi connectivity index (χ2v) is 11.2. The summed E-state index contributed by atoms with van der Waals surface area (Å²) < 4.78 is 0. The highest BCUT2D eigenvalue weighted by Gasteiger charge is 2.21. The molecule has 0 spiro atoms. The standard InChI is InChI=1S/C29H57NO.C2H6/c1-29(2,24-27-31)28-30-25-22-20-18-16-14-12-10-8-6-4-3-5-7-9-11-13-15-17-19-21-23-26-30;1-2/h27H,3-26,28H2,1-2H3;1-2H3. The van der Waals surface area contributed by atoms with Gasteiger partial charge >= 0.3 is 0 Å². The lowest BCUT2D eigenvalue weighted by molar-refractivity contribution is -0.109. The van der Waals surface area contributed by atoms with Crippen molar-refractivity contribution in [1.82, 2.24) is 4.90 Å². The van der Waals surface area contributed by atoms with Crippen LogP contribution < -0.4 is 0 Å². The van der Waals surface area contributed by atoms with E-state index in [1.165, 1.54) is 148 Å². The van der Waals surface area contributed by atoms with Gasteiger partial charge in [0.1, 0.15) is 6.29 Å². The quantitative estimate of drug-likeness (QED) is 0.385. The largest absolute Gasteiger partial charge is 0.303 e. The zero-order valence-electron chi connectivity index (χ0n) is 23.6. The van der Waals surface area contributed by atoms with Crippen LogP contribution in [0.2, 0.25) is 0 Å². The molecule has 0 aromatic carbocycles. The molecule has 1 heterocycles. The number of carbonyl (C=O) groups excluding carboxylic acids is 1. The van der Waals surface area contributed by atoms with E-state index < -0.39 is 0 Å². The zero-order valence-corrected chi connectivity index (χ0v) is 23.6. The Hall–Kier alpha value is -0.370. The van der Waals surface area contributed by atoms with Gasteiger partial charge in [0.2, 0.25) is 0 Å². The highest BCUT2D eigenvalue weighted by atomic mass is 16.1. The summed E-state index contributed by atoms with van der Waals surface area (Å²) in [5.74, 6) is 0. The van der Waals surface area contributed by atoms with Crippen molar-refractivity contribution in [1.29, 1.82) is 0 Å². The first-order valence-electron chi connectivity index (χ1n) is 15.3. The molecule has 0 atom stereocenters. The molecule has 0 amide bonds. The minimum Gasteiger partial charge on any atom is -0.303 e. The fourth-order valence-electron chi connectivity index (χ4n) is 5.19. The van der Waals surface area contributed by atoms with Crippen LogP contribution in [0, 0.1) is 5.41 Å². The molecule has 1 fully saturated rings. The Morgan fingerprint density at radius 1 is 0.515 bits per heavy atom. The Labute approximate surface area is 210 Å². The molecule has 0 saturated carbocycles. The molecular formula is C31H63NO. The lowest BCUT2D eigenvalue weighted by atomic mass is 9.89. The summed E-state index contributed by atoms with van der Waals surface area (Å²) >= 11 is 0. The maximum absolute atomic E-state index is 11.1. The van der Waals surface area contributed by atoms with Crippen molar-refractivity contribution >= 4 is 6.29 Å². The van der Waals surface area contributed by atoms with E-state index in [1.54, 1.807) is 0 Å². The van der Waals surface area contributed by atoms with Gasteiger partial charge in [-0.1, -0.05) is 150 Å². The molecule has 0 N–H and O–H groups in total. The molecule has 198 valence electrons. The van der Waals surface area contributed by atoms with Gasteiger partial charge in [0, 0.05) is 13.0 Å². The van der Waals surface area contributed by atoms with Gasteiger partial charge in [-0.15, -0.1) is 0 Å². The van der Waals surface area contributed by atoms with Crippen LogP contribution in [0.1, 0.15) is 169 Å². The number of carbonyl (C=O) groups is 1. The highest BCUT2D eigenvalue weighted by molar-refractivity contribution is 5.50. The van der Waals surface area contributed by atoms with Crippen molar-refractivity contribution in [2.45, 2.75) is 169 Å². The van der Waals surface area contributed by atoms with E-state index in [9.17, 15) is 4.79 Å². The molecule has 2 heteroatoms. The second kappa shape index (κ2) is 24.7. The number of aldehydes is 1. The topological polar surface area (TPSA) is 20.3 Å². The summed E-state index contributed by atoms with van der Waals surface area (Å²) in [6.45, 7) is 12.0. The summed E-state index contributed by atoms with van der Waals surface area (Å²) in [6, 6.07) is 0. The molecule has 1 saturated heterocycles. The van der Waals surface area contributed by atoms with Crippen molar-refractivity contribution in [3.05, 3.63) is 0 Å². The summed E-state index contributed by atoms with van der Waals surface area (Å²) in [4.78, 5) is 13.7. The monoisotopic (exact) mass is 465 g/mol. The Balaban J connectivity index is 0.00000497. The maximum Gasteiger partial charge on any atom is 0.120 e. The smallest absolute Gasteiger partial charge is 0.120 e. The van der Waals surface area contributed by atoms with Crippen molar-refractivity contribution in [3.8, 4) is 0 Å². The van der Waals surface area contributed by atoms with Crippen molar-refractivity contribution < 1.29 is 4.79 Å². The maximum atomic E-state index is 11.1. The van der Waals surface area contributed by atoms with E-state index in [2.05, 4.69) is 18.7 Å². The summed E-state index contributed by atoms with van der Waals surface area (Å²) in [7, 11) is 0. The summed E-state index contributed by atoms with van der Waals surface area (Å²) in [5, 5.41) is 0. The number of hydrogen-bond donors (Lipinski definition) is 0. The average molecular weight is 466 g/mol. The van der Waals surface area contributed by atoms with E-state index in [-0.39, 0.29) is 5.41 Å². The van der Waals surface area contributed by atoms with Gasteiger partial charge in [0.15, 0.2) is 0 Å². The molecule has 2 nitrogen and oxygen atoms in total. The van der Waals surface area contributed by atoms with E-state index in [4.69, 9.17) is 0 Å². The Morgan fingerprint density at radius 3 is 1.00 bits per heavy atom. The number of hydrogen-bond acceptors (Lipinski definition) is 2. The van der Waals surface area contributed by atoms with E-state index in [0.717, 1.165) is 12.8 Å². The van der Waals surface area contributed by atoms with Crippen molar-refractivity contribution in [2.24, 2.45) is 5.41 Å². The first-order valence-corrected chi connectivity index (χ1v) is 15.3. The normalized spacial score (nSPS) is 21.2. The number of rotatable bonds is 4. The van der Waals surface area contributed by atoms with Crippen LogP contribution in [-0.2, 0) is 4.79 Å². The first kappa shape index (κ1) is 32.6. The average Bonchev–Trinajstić information content (AvgIpc) is 2.79. The molecule has 1 aliphatic rings. The minimum absolute atomic E-state index is 0.115. The Kier molecular flexibility index (Phi) is 24.5. The predicted octanol–water partition coefficient (Wildman–Crippen LogP) is 10.1. The molecule has 0 aliphatic carbocycles. The molecule has 0 radical (unpaired) electrons. The molecular weight excluding hydrogens is 402 g/mol. The van der Waals surface area contributed by atoms with Crippen LogP contribution in [0.4, 0.5) is 0 Å². The fraction of sp³-hybridized carbons (Fsp3) is 0.968. The second-order valence-electron chi connectivity index (χ2n) is 11.2. The Morgan fingerprint density at radius 2 is 0.758 bits per heavy atom. The predicted molar refractivity (Wildman–Crippen MR) is 149 cm³/mol. The van der Waals surface area contributed by atoms with Crippen LogP contribution in [0.25, 0.3) is 0 Å². The Bertz CT molecular complexity index is 368. The lowest BCUT2D eigenvalue weighted by Crippen LogP contribution is -2.36.